The van der Waals surface area contributed by atoms with Crippen molar-refractivity contribution in [3.63, 3.8) is 0 Å². The van der Waals surface area contributed by atoms with Crippen LogP contribution >= 0.6 is 11.6 Å². The van der Waals surface area contributed by atoms with Gasteiger partial charge in [0.2, 0.25) is 0 Å². The van der Waals surface area contributed by atoms with Gasteiger partial charge in [0.15, 0.2) is 0 Å². The maximum atomic E-state index is 13.1. The highest BCUT2D eigenvalue weighted by atomic mass is 35.5. The van der Waals surface area contributed by atoms with Crippen LogP contribution in [0.3, 0.4) is 0 Å². The van der Waals surface area contributed by atoms with E-state index in [1.807, 2.05) is 0 Å². The highest BCUT2D eigenvalue weighted by Gasteiger charge is 2.46. The molecule has 0 aromatic heterocycles. The van der Waals surface area contributed by atoms with E-state index in [4.69, 9.17) is 21.1 Å². The minimum atomic E-state index is -0.713. The van der Waals surface area contributed by atoms with E-state index in [0.29, 0.717) is 54.8 Å². The SMILES string of the molecule is C=CCOc1ccc(/C(O)=C2\C(=O)C(=O)N(CCN3CCOCC3)[C@H]2c2ccc(Cl)cc2)cc1. The molecule has 2 fully saturated rings. The van der Waals surface area contributed by atoms with Crippen molar-refractivity contribution >= 4 is 29.1 Å². The Morgan fingerprint density at radius 1 is 1.09 bits per heavy atom. The molecule has 0 spiro atoms. The summed E-state index contributed by atoms with van der Waals surface area (Å²) in [6, 6.07) is 13.0. The fourth-order valence-corrected chi connectivity index (χ4v) is 4.32. The van der Waals surface area contributed by atoms with Crippen molar-refractivity contribution in [3.05, 3.63) is 82.9 Å². The molecule has 2 aliphatic rings. The molecule has 34 heavy (non-hydrogen) atoms. The van der Waals surface area contributed by atoms with Gasteiger partial charge in [-0.3, -0.25) is 14.5 Å². The lowest BCUT2D eigenvalue weighted by atomic mass is 9.95. The molecule has 1 N–H and O–H groups in total. The maximum Gasteiger partial charge on any atom is 0.295 e. The molecular weight excluding hydrogens is 456 g/mol. The first-order valence-corrected chi connectivity index (χ1v) is 11.6. The number of nitrogens with zero attached hydrogens (tertiary/aromatic N) is 2. The molecule has 0 saturated carbocycles. The second-order valence-electron chi connectivity index (χ2n) is 8.12. The number of morpholine rings is 1. The minimum Gasteiger partial charge on any atom is -0.507 e. The first-order chi connectivity index (χ1) is 16.5. The summed E-state index contributed by atoms with van der Waals surface area (Å²) < 4.78 is 10.9. The highest BCUT2D eigenvalue weighted by molar-refractivity contribution is 6.46. The van der Waals surface area contributed by atoms with E-state index in [-0.39, 0.29) is 11.3 Å². The number of aliphatic hydroxyl groups is 1. The van der Waals surface area contributed by atoms with Crippen molar-refractivity contribution in [3.8, 4) is 5.75 Å². The van der Waals surface area contributed by atoms with Gasteiger partial charge >= 0.3 is 0 Å². The Kier molecular flexibility index (Phi) is 7.67. The van der Waals surface area contributed by atoms with Gasteiger partial charge in [0, 0.05) is 36.8 Å². The quantitative estimate of drug-likeness (QED) is 0.268. The molecule has 7 nitrogen and oxygen atoms in total. The van der Waals surface area contributed by atoms with Crippen LogP contribution in [0, 0.1) is 0 Å². The largest absolute Gasteiger partial charge is 0.507 e. The number of aliphatic hydroxyl groups excluding tert-OH is 1. The summed E-state index contributed by atoms with van der Waals surface area (Å²) in [6.07, 6.45) is 1.64. The first-order valence-electron chi connectivity index (χ1n) is 11.2. The average molecular weight is 483 g/mol. The van der Waals surface area contributed by atoms with Crippen LogP contribution in [0.25, 0.3) is 5.76 Å². The molecule has 0 bridgehead atoms. The topological polar surface area (TPSA) is 79.3 Å². The van der Waals surface area contributed by atoms with Gasteiger partial charge < -0.3 is 19.5 Å². The Balaban J connectivity index is 1.68. The van der Waals surface area contributed by atoms with Gasteiger partial charge in [-0.15, -0.1) is 0 Å². The standard InChI is InChI=1S/C26H27ClN2O5/c1-2-15-34-21-9-5-19(6-10-21)24(30)22-23(18-3-7-20(27)8-4-18)29(26(32)25(22)31)12-11-28-13-16-33-17-14-28/h2-10,23,30H,1,11-17H2/b24-22+/t23-/m0/s1. The molecular formula is C26H27ClN2O5. The molecule has 178 valence electrons. The molecule has 8 heteroatoms. The van der Waals surface area contributed by atoms with Crippen molar-refractivity contribution in [2.75, 3.05) is 46.0 Å². The van der Waals surface area contributed by atoms with Gasteiger partial charge in [0.05, 0.1) is 24.8 Å². The molecule has 2 aromatic rings. The first kappa shape index (κ1) is 24.0. The van der Waals surface area contributed by atoms with Gasteiger partial charge in [-0.25, -0.2) is 0 Å². The Labute approximate surface area is 203 Å². The third-order valence-corrected chi connectivity index (χ3v) is 6.23. The Morgan fingerprint density at radius 3 is 2.41 bits per heavy atom. The van der Waals surface area contributed by atoms with Gasteiger partial charge in [0.25, 0.3) is 11.7 Å². The lowest BCUT2D eigenvalue weighted by Crippen LogP contribution is -2.42. The lowest BCUT2D eigenvalue weighted by Gasteiger charge is -2.31. The molecule has 0 aliphatic carbocycles. The third-order valence-electron chi connectivity index (χ3n) is 5.98. The van der Waals surface area contributed by atoms with Crippen LogP contribution in [0.5, 0.6) is 5.75 Å². The van der Waals surface area contributed by atoms with Gasteiger partial charge in [-0.1, -0.05) is 36.4 Å². The molecule has 2 aromatic carbocycles. The predicted molar refractivity (Wildman–Crippen MR) is 130 cm³/mol. The molecule has 2 aliphatic heterocycles. The lowest BCUT2D eigenvalue weighted by molar-refractivity contribution is -0.140. The van der Waals surface area contributed by atoms with Crippen LogP contribution in [0.15, 0.2) is 66.8 Å². The van der Waals surface area contributed by atoms with E-state index in [2.05, 4.69) is 11.5 Å². The number of likely N-dealkylation sites (tertiary alicyclic amines) is 1. The molecule has 2 saturated heterocycles. The third kappa shape index (κ3) is 5.17. The van der Waals surface area contributed by atoms with Crippen molar-refractivity contribution < 1.29 is 24.2 Å². The molecule has 1 amide bonds. The van der Waals surface area contributed by atoms with Crippen LogP contribution in [0.2, 0.25) is 5.02 Å². The summed E-state index contributed by atoms with van der Waals surface area (Å²) in [5.41, 5.74) is 1.20. The van der Waals surface area contributed by atoms with E-state index >= 15 is 0 Å². The smallest absolute Gasteiger partial charge is 0.295 e. The van der Waals surface area contributed by atoms with Crippen molar-refractivity contribution in [2.24, 2.45) is 0 Å². The number of ether oxygens (including phenoxy) is 2. The number of carbonyl (C=O) groups is 2. The van der Waals surface area contributed by atoms with E-state index in [0.717, 1.165) is 13.1 Å². The number of rotatable bonds is 8. The summed E-state index contributed by atoms with van der Waals surface area (Å²) in [7, 11) is 0. The van der Waals surface area contributed by atoms with E-state index < -0.39 is 17.7 Å². The van der Waals surface area contributed by atoms with Crippen LogP contribution < -0.4 is 4.74 Å². The summed E-state index contributed by atoms with van der Waals surface area (Å²) in [5, 5.41) is 11.7. The molecule has 2 heterocycles. The Hall–Kier alpha value is -3.13. The normalized spacial score (nSPS) is 20.5. The highest BCUT2D eigenvalue weighted by Crippen LogP contribution is 2.39. The van der Waals surface area contributed by atoms with E-state index in [9.17, 15) is 14.7 Å². The van der Waals surface area contributed by atoms with Crippen LogP contribution in [0.1, 0.15) is 17.2 Å². The summed E-state index contributed by atoms with van der Waals surface area (Å²) in [4.78, 5) is 29.9. The zero-order valence-corrected chi connectivity index (χ0v) is 19.5. The molecule has 0 radical (unpaired) electrons. The summed E-state index contributed by atoms with van der Waals surface area (Å²) in [5.74, 6) is -0.939. The van der Waals surface area contributed by atoms with Crippen molar-refractivity contribution in [1.82, 2.24) is 9.80 Å². The van der Waals surface area contributed by atoms with Crippen LogP contribution in [-0.2, 0) is 14.3 Å². The van der Waals surface area contributed by atoms with Crippen LogP contribution in [0.4, 0.5) is 0 Å². The second kappa shape index (κ2) is 10.9. The number of amides is 1. The number of carbonyl (C=O) groups excluding carboxylic acids is 2. The fraction of sp³-hybridized carbons (Fsp3) is 0.308. The van der Waals surface area contributed by atoms with Gasteiger partial charge in [-0.2, -0.15) is 0 Å². The van der Waals surface area contributed by atoms with Crippen molar-refractivity contribution in [1.29, 1.82) is 0 Å². The molecule has 4 rings (SSSR count). The number of hydrogen-bond acceptors (Lipinski definition) is 6. The average Bonchev–Trinajstić information content (AvgIpc) is 3.12. The van der Waals surface area contributed by atoms with E-state index in [1.165, 1.54) is 4.90 Å². The molecule has 0 unspecified atom stereocenters. The van der Waals surface area contributed by atoms with Gasteiger partial charge in [-0.05, 0) is 42.0 Å². The second-order valence-corrected chi connectivity index (χ2v) is 8.56. The zero-order chi connectivity index (χ0) is 24.1. The summed E-state index contributed by atoms with van der Waals surface area (Å²) in [6.45, 7) is 7.77. The monoisotopic (exact) mass is 482 g/mol. The number of ketones is 1. The van der Waals surface area contributed by atoms with E-state index in [1.54, 1.807) is 54.6 Å². The zero-order valence-electron chi connectivity index (χ0n) is 18.8. The summed E-state index contributed by atoms with van der Waals surface area (Å²) >= 11 is 6.08. The maximum absolute atomic E-state index is 13.1. The Morgan fingerprint density at radius 2 is 1.76 bits per heavy atom. The van der Waals surface area contributed by atoms with Gasteiger partial charge in [0.1, 0.15) is 18.1 Å². The number of halogens is 1. The minimum absolute atomic E-state index is 0.0639. The number of hydrogen-bond donors (Lipinski definition) is 1. The predicted octanol–water partition coefficient (Wildman–Crippen LogP) is 3.66. The fourth-order valence-electron chi connectivity index (χ4n) is 4.20. The number of Topliss-reactive ketones (excluding diaryl/α,β-unsaturated/α-hetero) is 1. The number of benzene rings is 2. The van der Waals surface area contributed by atoms with Crippen molar-refractivity contribution in [2.45, 2.75) is 6.04 Å². The molecule has 1 atom stereocenters. The Bertz CT molecular complexity index is 1080. The van der Waals surface area contributed by atoms with Crippen LogP contribution in [-0.4, -0.2) is 72.6 Å².